The van der Waals surface area contributed by atoms with Crippen molar-refractivity contribution in [3.63, 3.8) is 0 Å². The molecule has 0 fully saturated rings. The van der Waals surface area contributed by atoms with Gasteiger partial charge >= 0.3 is 0 Å². The monoisotopic (exact) mass is 411 g/mol. The first-order valence-electron chi connectivity index (χ1n) is 8.77. The van der Waals surface area contributed by atoms with Crippen LogP contribution in [0.3, 0.4) is 0 Å². The molecule has 3 aromatic rings. The molecule has 0 amide bonds. The van der Waals surface area contributed by atoms with Crippen LogP contribution in [0.15, 0.2) is 50.7 Å². The molecule has 142 valence electrons. The normalized spacial score (nSPS) is 14.1. The summed E-state index contributed by atoms with van der Waals surface area (Å²) >= 11 is 1.58. The van der Waals surface area contributed by atoms with Crippen LogP contribution >= 0.6 is 11.3 Å². The van der Waals surface area contributed by atoms with Gasteiger partial charge in [-0.25, -0.2) is 18.5 Å². The minimum Gasteiger partial charge on any atom is -0.455 e. The molecule has 0 bridgehead atoms. The molecule has 0 saturated carbocycles. The molecule has 4 rings (SSSR count). The van der Waals surface area contributed by atoms with Gasteiger partial charge < -0.3 is 4.42 Å². The lowest BCUT2D eigenvalue weighted by atomic mass is 9.96. The van der Waals surface area contributed by atoms with E-state index in [0.29, 0.717) is 17.1 Å². The molecule has 0 unspecified atom stereocenters. The van der Waals surface area contributed by atoms with Crippen LogP contribution in [0.5, 0.6) is 0 Å². The van der Waals surface area contributed by atoms with Crippen molar-refractivity contribution in [3.8, 4) is 17.4 Å². The lowest BCUT2D eigenvalue weighted by Gasteiger charge is -2.09. The molecule has 28 heavy (non-hydrogen) atoms. The summed E-state index contributed by atoms with van der Waals surface area (Å²) < 4.78 is 28.5. The van der Waals surface area contributed by atoms with Gasteiger partial charge in [0, 0.05) is 10.4 Å². The van der Waals surface area contributed by atoms with Gasteiger partial charge in [-0.1, -0.05) is 0 Å². The molecule has 0 atom stereocenters. The van der Waals surface area contributed by atoms with E-state index in [-0.39, 0.29) is 4.90 Å². The van der Waals surface area contributed by atoms with Crippen LogP contribution in [0.4, 0.5) is 5.00 Å². The topological polar surface area (TPSA) is 109 Å². The van der Waals surface area contributed by atoms with Crippen molar-refractivity contribution in [2.45, 2.75) is 30.6 Å². The number of aryl methyl sites for hydroxylation is 1. The summed E-state index contributed by atoms with van der Waals surface area (Å²) in [6, 6.07) is 12.0. The van der Waals surface area contributed by atoms with E-state index in [2.05, 4.69) is 11.1 Å². The fourth-order valence-electron chi connectivity index (χ4n) is 3.27. The van der Waals surface area contributed by atoms with Crippen LogP contribution < -0.4 is 5.14 Å². The van der Waals surface area contributed by atoms with Gasteiger partial charge in [0.15, 0.2) is 0 Å². The summed E-state index contributed by atoms with van der Waals surface area (Å²) in [5.41, 5.74) is 2.57. The quantitative estimate of drug-likeness (QED) is 0.650. The number of aliphatic imine (C=N–C) groups is 1. The van der Waals surface area contributed by atoms with E-state index >= 15 is 0 Å². The lowest BCUT2D eigenvalue weighted by Crippen LogP contribution is -2.11. The van der Waals surface area contributed by atoms with Crippen LogP contribution in [0.2, 0.25) is 0 Å². The highest BCUT2D eigenvalue weighted by Gasteiger charge is 2.20. The van der Waals surface area contributed by atoms with Crippen molar-refractivity contribution in [3.05, 3.63) is 58.2 Å². The molecule has 0 spiro atoms. The van der Waals surface area contributed by atoms with Gasteiger partial charge in [0.25, 0.3) is 0 Å². The number of rotatable bonds is 4. The minimum absolute atomic E-state index is 0.0512. The lowest BCUT2D eigenvalue weighted by molar-refractivity contribution is 0.575. The van der Waals surface area contributed by atoms with E-state index in [4.69, 9.17) is 9.56 Å². The molecular formula is C20H17N3O3S2. The number of nitrogens with two attached hydrogens (primary N) is 1. The third-order valence-electron chi connectivity index (χ3n) is 4.67. The number of hydrogen-bond donors (Lipinski definition) is 1. The molecule has 2 aromatic heterocycles. The predicted octanol–water partition coefficient (Wildman–Crippen LogP) is 4.16. The van der Waals surface area contributed by atoms with Crippen LogP contribution in [0.1, 0.15) is 34.6 Å². The predicted molar refractivity (Wildman–Crippen MR) is 108 cm³/mol. The molecule has 1 aromatic carbocycles. The van der Waals surface area contributed by atoms with Gasteiger partial charge in [-0.2, -0.15) is 5.26 Å². The number of benzene rings is 1. The van der Waals surface area contributed by atoms with Crippen LogP contribution in [0.25, 0.3) is 11.3 Å². The van der Waals surface area contributed by atoms with Crippen molar-refractivity contribution in [2.75, 3.05) is 0 Å². The summed E-state index contributed by atoms with van der Waals surface area (Å²) in [5, 5.41) is 15.3. The average molecular weight is 412 g/mol. The molecule has 2 N–H and O–H groups in total. The summed E-state index contributed by atoms with van der Waals surface area (Å²) in [4.78, 5) is 5.81. The third kappa shape index (κ3) is 3.64. The second-order valence-electron chi connectivity index (χ2n) is 6.53. The summed E-state index contributed by atoms with van der Waals surface area (Å²) in [6.07, 6.45) is 5.86. The Bertz CT molecular complexity index is 1200. The van der Waals surface area contributed by atoms with Crippen LogP contribution in [-0.4, -0.2) is 14.6 Å². The van der Waals surface area contributed by atoms with Crippen molar-refractivity contribution < 1.29 is 12.8 Å². The second kappa shape index (κ2) is 7.36. The fourth-order valence-corrected chi connectivity index (χ4v) is 4.97. The first-order chi connectivity index (χ1) is 13.5. The summed E-state index contributed by atoms with van der Waals surface area (Å²) in [7, 11) is -3.72. The van der Waals surface area contributed by atoms with Gasteiger partial charge in [-0.15, -0.1) is 11.3 Å². The van der Waals surface area contributed by atoms with Gasteiger partial charge in [0.2, 0.25) is 10.0 Å². The molecule has 1 aliphatic carbocycles. The highest BCUT2D eigenvalue weighted by molar-refractivity contribution is 7.89. The van der Waals surface area contributed by atoms with E-state index in [9.17, 15) is 13.7 Å². The maximum atomic E-state index is 11.3. The van der Waals surface area contributed by atoms with Gasteiger partial charge in [-0.3, -0.25) is 0 Å². The maximum Gasteiger partial charge on any atom is 0.238 e. The van der Waals surface area contributed by atoms with Crippen molar-refractivity contribution >= 4 is 32.6 Å². The van der Waals surface area contributed by atoms with Crippen LogP contribution in [-0.2, 0) is 22.9 Å². The number of nitriles is 1. The molecule has 6 nitrogen and oxygen atoms in total. The molecule has 2 heterocycles. The molecule has 8 heteroatoms. The first-order valence-corrected chi connectivity index (χ1v) is 11.1. The largest absolute Gasteiger partial charge is 0.455 e. The summed E-state index contributed by atoms with van der Waals surface area (Å²) in [6.45, 7) is 0. The number of nitrogens with zero attached hydrogens (tertiary/aromatic N) is 2. The Morgan fingerprint density at radius 3 is 2.61 bits per heavy atom. The Morgan fingerprint density at radius 1 is 1.14 bits per heavy atom. The number of fused-ring (bicyclic) bond motifs is 1. The van der Waals surface area contributed by atoms with E-state index in [1.165, 1.54) is 17.0 Å². The maximum absolute atomic E-state index is 11.3. The van der Waals surface area contributed by atoms with E-state index in [0.717, 1.165) is 41.8 Å². The highest BCUT2D eigenvalue weighted by atomic mass is 32.2. The number of thiophene rings is 1. The molecule has 1 aliphatic rings. The highest BCUT2D eigenvalue weighted by Crippen LogP contribution is 2.39. The number of sulfonamides is 1. The molecule has 0 radical (unpaired) electrons. The van der Waals surface area contributed by atoms with E-state index < -0.39 is 10.0 Å². The Balaban J connectivity index is 1.57. The molecule has 0 aliphatic heterocycles. The SMILES string of the molecule is N#Cc1c(/N=C/c2ccc(-c3ccc(S(N)(=O)=O)cc3)o2)sc2c1CCCC2. The van der Waals surface area contributed by atoms with Crippen molar-refractivity contribution in [1.29, 1.82) is 5.26 Å². The van der Waals surface area contributed by atoms with Gasteiger partial charge in [-0.05, 0) is 67.6 Å². The first kappa shape index (κ1) is 18.6. The fraction of sp³-hybridized carbons (Fsp3) is 0.200. The zero-order valence-corrected chi connectivity index (χ0v) is 16.5. The smallest absolute Gasteiger partial charge is 0.238 e. The zero-order chi connectivity index (χ0) is 19.7. The molecular weight excluding hydrogens is 394 g/mol. The standard InChI is InChI=1S/C20H17N3O3S2/c21-11-17-16-3-1-2-4-19(16)27-20(17)23-12-14-7-10-18(26-14)13-5-8-15(9-6-13)28(22,24)25/h5-10,12H,1-4H2,(H2,22,24,25)/b23-12+. The van der Waals surface area contributed by atoms with Crippen molar-refractivity contribution in [1.82, 2.24) is 0 Å². The van der Waals surface area contributed by atoms with Gasteiger partial charge in [0.1, 0.15) is 22.6 Å². The second-order valence-corrected chi connectivity index (χ2v) is 9.18. The van der Waals surface area contributed by atoms with E-state index in [1.807, 2.05) is 0 Å². The Hall–Kier alpha value is -2.73. The number of hydrogen-bond acceptors (Lipinski definition) is 6. The Morgan fingerprint density at radius 2 is 1.89 bits per heavy atom. The Kier molecular flexibility index (Phi) is 4.89. The van der Waals surface area contributed by atoms with Gasteiger partial charge in [0.05, 0.1) is 16.7 Å². The number of furan rings is 1. The van der Waals surface area contributed by atoms with Crippen LogP contribution in [0, 0.1) is 11.3 Å². The van der Waals surface area contributed by atoms with Crippen molar-refractivity contribution in [2.24, 2.45) is 10.1 Å². The average Bonchev–Trinajstić information content (AvgIpc) is 3.30. The number of primary sulfonamides is 1. The minimum atomic E-state index is -3.72. The Labute approximate surface area is 167 Å². The van der Waals surface area contributed by atoms with E-state index in [1.54, 1.807) is 41.8 Å². The summed E-state index contributed by atoms with van der Waals surface area (Å²) in [5.74, 6) is 1.15. The molecule has 0 saturated heterocycles. The zero-order valence-electron chi connectivity index (χ0n) is 14.9. The third-order valence-corrected chi connectivity index (χ3v) is 6.80.